The number of fused-ring (bicyclic) bond motifs is 1. The number of aromatic nitrogens is 2. The van der Waals surface area contributed by atoms with Crippen molar-refractivity contribution in [1.29, 1.82) is 0 Å². The van der Waals surface area contributed by atoms with Crippen molar-refractivity contribution >= 4 is 17.4 Å². The first-order valence-electron chi connectivity index (χ1n) is 9.29. The first kappa shape index (κ1) is 20.6. The van der Waals surface area contributed by atoms with Crippen LogP contribution < -0.4 is 20.1 Å². The van der Waals surface area contributed by atoms with Crippen LogP contribution in [0, 0.1) is 0 Å². The molecule has 1 aliphatic heterocycles. The lowest BCUT2D eigenvalue weighted by Crippen LogP contribution is -2.36. The van der Waals surface area contributed by atoms with E-state index in [1.807, 2.05) is 0 Å². The molecule has 3 heterocycles. The average molecular weight is 436 g/mol. The fourth-order valence-electron chi connectivity index (χ4n) is 3.52. The van der Waals surface area contributed by atoms with Crippen LogP contribution in [-0.4, -0.2) is 36.1 Å². The fourth-order valence-corrected chi connectivity index (χ4v) is 3.52. The Morgan fingerprint density at radius 3 is 2.68 bits per heavy atom. The number of hydrogen-bond acceptors (Lipinski definition) is 6. The summed E-state index contributed by atoms with van der Waals surface area (Å²) in [5, 5.41) is 9.45. The Kier molecular flexibility index (Phi) is 5.25. The number of nitrogens with one attached hydrogen (secondary N) is 2. The largest absolute Gasteiger partial charge is 0.493 e. The first-order valence-corrected chi connectivity index (χ1v) is 9.29. The molecule has 0 radical (unpaired) electrons. The Morgan fingerprint density at radius 2 is 2.03 bits per heavy atom. The molecule has 0 saturated carbocycles. The smallest absolute Gasteiger partial charge is 0.410 e. The zero-order chi connectivity index (χ0) is 22.2. The zero-order valence-corrected chi connectivity index (χ0v) is 16.6. The van der Waals surface area contributed by atoms with E-state index in [0.29, 0.717) is 22.9 Å². The summed E-state index contributed by atoms with van der Waals surface area (Å²) in [6.45, 7) is 0. The number of carbonyl (C=O) groups excluding carboxylic acids is 1. The molecule has 0 unspecified atom stereocenters. The summed E-state index contributed by atoms with van der Waals surface area (Å²) in [5.41, 5.74) is 0.355. The lowest BCUT2D eigenvalue weighted by molar-refractivity contribution is -0.174. The Balaban J connectivity index is 1.65. The van der Waals surface area contributed by atoms with Crippen molar-refractivity contribution in [2.24, 2.45) is 0 Å². The van der Waals surface area contributed by atoms with Crippen molar-refractivity contribution in [3.05, 3.63) is 54.1 Å². The molecule has 2 aromatic heterocycles. The molecule has 1 aromatic carbocycles. The van der Waals surface area contributed by atoms with Crippen LogP contribution in [0.2, 0.25) is 0 Å². The van der Waals surface area contributed by atoms with Gasteiger partial charge in [0.25, 0.3) is 5.91 Å². The van der Waals surface area contributed by atoms with E-state index in [4.69, 9.17) is 13.9 Å². The van der Waals surface area contributed by atoms with Crippen molar-refractivity contribution in [1.82, 2.24) is 9.78 Å². The van der Waals surface area contributed by atoms with Crippen LogP contribution >= 0.6 is 0 Å². The molecular formula is C20H19F3N4O4. The number of furan rings is 1. The second-order valence-electron chi connectivity index (χ2n) is 6.88. The van der Waals surface area contributed by atoms with Gasteiger partial charge in [0.2, 0.25) is 0 Å². The van der Waals surface area contributed by atoms with Crippen LogP contribution in [0.1, 0.15) is 34.6 Å². The Morgan fingerprint density at radius 1 is 1.26 bits per heavy atom. The van der Waals surface area contributed by atoms with E-state index >= 15 is 0 Å². The predicted molar refractivity (Wildman–Crippen MR) is 105 cm³/mol. The van der Waals surface area contributed by atoms with E-state index < -0.39 is 24.2 Å². The second kappa shape index (κ2) is 7.89. The Bertz CT molecular complexity index is 1080. The molecule has 0 bridgehead atoms. The number of alkyl halides is 3. The van der Waals surface area contributed by atoms with Crippen LogP contribution in [0.15, 0.2) is 47.2 Å². The molecule has 0 saturated heterocycles. The van der Waals surface area contributed by atoms with Crippen molar-refractivity contribution in [2.45, 2.75) is 24.7 Å². The number of rotatable bonds is 5. The summed E-state index contributed by atoms with van der Waals surface area (Å²) in [4.78, 5) is 12.9. The van der Waals surface area contributed by atoms with E-state index in [-0.39, 0.29) is 17.8 Å². The van der Waals surface area contributed by atoms with Gasteiger partial charge in [0.15, 0.2) is 17.5 Å². The third-order valence-electron chi connectivity index (χ3n) is 5.01. The number of nitrogens with zero attached hydrogens (tertiary/aromatic N) is 2. The standard InChI is InChI=1S/C20H19F3N4O4/c1-29-15-6-5-11(8-16(15)30-2)25-19(28)12-10-24-27-17(20(21,22)23)9-13(26-18(12)27)14-4-3-7-31-14/h3-8,10,13,17,26H,9H2,1-2H3,(H,25,28)/t13-,17-/m0/s1. The quantitative estimate of drug-likeness (QED) is 0.616. The van der Waals surface area contributed by atoms with Crippen molar-refractivity contribution < 1.29 is 31.9 Å². The van der Waals surface area contributed by atoms with E-state index in [2.05, 4.69) is 15.7 Å². The van der Waals surface area contributed by atoms with Gasteiger partial charge in [-0.3, -0.25) is 4.79 Å². The highest BCUT2D eigenvalue weighted by molar-refractivity contribution is 6.07. The van der Waals surface area contributed by atoms with Crippen LogP contribution in [0.3, 0.4) is 0 Å². The lowest BCUT2D eigenvalue weighted by Gasteiger charge is -2.32. The normalized spacial score (nSPS) is 18.1. The predicted octanol–water partition coefficient (Wildman–Crippen LogP) is 4.41. The van der Waals surface area contributed by atoms with Gasteiger partial charge in [0.05, 0.1) is 32.7 Å². The van der Waals surface area contributed by atoms with Gasteiger partial charge in [-0.15, -0.1) is 0 Å². The molecule has 2 atom stereocenters. The van der Waals surface area contributed by atoms with E-state index in [9.17, 15) is 18.0 Å². The minimum atomic E-state index is -4.55. The molecule has 1 aliphatic rings. The van der Waals surface area contributed by atoms with Gasteiger partial charge in [-0.25, -0.2) is 4.68 Å². The average Bonchev–Trinajstić information content (AvgIpc) is 3.42. The molecule has 4 rings (SSSR count). The molecule has 31 heavy (non-hydrogen) atoms. The molecule has 8 nitrogen and oxygen atoms in total. The van der Waals surface area contributed by atoms with Crippen LogP contribution in [-0.2, 0) is 0 Å². The maximum Gasteiger partial charge on any atom is 0.410 e. The fraction of sp³-hybridized carbons (Fsp3) is 0.300. The summed E-state index contributed by atoms with van der Waals surface area (Å²) in [5.74, 6) is 0.549. The van der Waals surface area contributed by atoms with Crippen molar-refractivity contribution in [3.8, 4) is 11.5 Å². The molecule has 1 amide bonds. The summed E-state index contributed by atoms with van der Waals surface area (Å²) >= 11 is 0. The molecule has 2 N–H and O–H groups in total. The summed E-state index contributed by atoms with van der Waals surface area (Å²) in [6.07, 6.45) is -2.37. The molecule has 164 valence electrons. The number of methoxy groups -OCH3 is 2. The van der Waals surface area contributed by atoms with Crippen LogP contribution in [0.5, 0.6) is 11.5 Å². The highest BCUT2D eigenvalue weighted by atomic mass is 19.4. The van der Waals surface area contributed by atoms with Crippen molar-refractivity contribution in [3.63, 3.8) is 0 Å². The number of halogens is 3. The lowest BCUT2D eigenvalue weighted by atomic mass is 10.0. The number of carbonyl (C=O) groups is 1. The van der Waals surface area contributed by atoms with Crippen LogP contribution in [0.25, 0.3) is 0 Å². The summed E-state index contributed by atoms with van der Waals surface area (Å²) in [6, 6.07) is 5.25. The highest BCUT2D eigenvalue weighted by Crippen LogP contribution is 2.44. The Hall–Kier alpha value is -3.63. The topological polar surface area (TPSA) is 90.5 Å². The van der Waals surface area contributed by atoms with E-state index in [1.54, 1.807) is 30.3 Å². The zero-order valence-electron chi connectivity index (χ0n) is 16.6. The molecule has 11 heteroatoms. The molecule has 0 aliphatic carbocycles. The van der Waals surface area contributed by atoms with Gasteiger partial charge in [-0.05, 0) is 24.3 Å². The number of ether oxygens (including phenoxy) is 2. The van der Waals surface area contributed by atoms with Gasteiger partial charge >= 0.3 is 6.18 Å². The molecule has 0 fully saturated rings. The number of anilines is 2. The third kappa shape index (κ3) is 3.90. The van der Waals surface area contributed by atoms with E-state index in [0.717, 1.165) is 10.9 Å². The maximum absolute atomic E-state index is 13.7. The first-order chi connectivity index (χ1) is 14.8. The van der Waals surface area contributed by atoms with Gasteiger partial charge in [-0.2, -0.15) is 18.3 Å². The maximum atomic E-state index is 13.7. The second-order valence-corrected chi connectivity index (χ2v) is 6.88. The van der Waals surface area contributed by atoms with Crippen LogP contribution in [0.4, 0.5) is 24.7 Å². The van der Waals surface area contributed by atoms with Gasteiger partial charge in [0.1, 0.15) is 17.1 Å². The molecule has 0 spiro atoms. The number of amides is 1. The highest BCUT2D eigenvalue weighted by Gasteiger charge is 2.47. The molecular weight excluding hydrogens is 417 g/mol. The molecule has 3 aromatic rings. The minimum absolute atomic E-state index is 0.0275. The minimum Gasteiger partial charge on any atom is -0.493 e. The SMILES string of the molecule is COc1ccc(NC(=O)c2cnn3c2N[C@H](c2ccco2)C[C@H]3C(F)(F)F)cc1OC. The van der Waals surface area contributed by atoms with Crippen molar-refractivity contribution in [2.75, 3.05) is 24.9 Å². The summed E-state index contributed by atoms with van der Waals surface area (Å²) in [7, 11) is 2.93. The monoisotopic (exact) mass is 436 g/mol. The number of hydrogen-bond donors (Lipinski definition) is 2. The van der Waals surface area contributed by atoms with Gasteiger partial charge in [-0.1, -0.05) is 0 Å². The number of benzene rings is 1. The summed E-state index contributed by atoms with van der Waals surface area (Å²) < 4.78 is 57.5. The Labute approximate surface area is 174 Å². The third-order valence-corrected chi connectivity index (χ3v) is 5.01. The van der Waals surface area contributed by atoms with Gasteiger partial charge < -0.3 is 24.5 Å². The van der Waals surface area contributed by atoms with E-state index in [1.165, 1.54) is 20.5 Å². The van der Waals surface area contributed by atoms with Gasteiger partial charge in [0, 0.05) is 18.2 Å².